The summed E-state index contributed by atoms with van der Waals surface area (Å²) in [4.78, 5) is 0. The average Bonchev–Trinajstić information content (AvgIpc) is 2.37. The van der Waals surface area contributed by atoms with E-state index in [2.05, 4.69) is 26.1 Å². The molecule has 20 heavy (non-hydrogen) atoms. The van der Waals surface area contributed by atoms with E-state index in [0.717, 1.165) is 37.2 Å². The molecule has 1 rings (SSSR count). The first-order valence-corrected chi connectivity index (χ1v) is 6.93. The Balaban J connectivity index is 2.83. The summed E-state index contributed by atoms with van der Waals surface area (Å²) < 4.78 is 37.5. The van der Waals surface area contributed by atoms with Gasteiger partial charge < -0.3 is 5.32 Å². The van der Waals surface area contributed by atoms with Crippen LogP contribution in [-0.4, -0.2) is 13.1 Å². The highest BCUT2D eigenvalue weighted by molar-refractivity contribution is 5.54. The fourth-order valence-electron chi connectivity index (χ4n) is 1.81. The molecule has 0 aliphatic heterocycles. The van der Waals surface area contributed by atoms with Gasteiger partial charge in [0.25, 0.3) is 0 Å². The fraction of sp³-hybridized carbons (Fsp3) is 0.500. The fourth-order valence-corrected chi connectivity index (χ4v) is 1.81. The van der Waals surface area contributed by atoms with Crippen LogP contribution in [0, 0.1) is 5.92 Å². The topological polar surface area (TPSA) is 12.0 Å². The average molecular weight is 285 g/mol. The van der Waals surface area contributed by atoms with Gasteiger partial charge in [-0.3, -0.25) is 0 Å². The first-order chi connectivity index (χ1) is 9.34. The molecule has 0 aliphatic carbocycles. The normalized spacial score (nSPS) is 13.1. The van der Waals surface area contributed by atoms with E-state index in [1.54, 1.807) is 0 Å². The van der Waals surface area contributed by atoms with Gasteiger partial charge in [0.1, 0.15) is 0 Å². The molecule has 1 aromatic rings. The second-order valence-electron chi connectivity index (χ2n) is 5.17. The molecule has 0 aromatic heterocycles. The number of benzene rings is 1. The highest BCUT2D eigenvalue weighted by Gasteiger charge is 2.29. The smallest absolute Gasteiger partial charge is 0.313 e. The van der Waals surface area contributed by atoms with Crippen LogP contribution in [0.1, 0.15) is 38.3 Å². The summed E-state index contributed by atoms with van der Waals surface area (Å²) in [6, 6.07) is 5.29. The third kappa shape index (κ3) is 5.37. The van der Waals surface area contributed by atoms with Crippen LogP contribution in [-0.2, 0) is 6.18 Å². The van der Waals surface area contributed by atoms with Crippen molar-refractivity contribution in [1.82, 2.24) is 5.32 Å². The molecule has 0 saturated heterocycles. The second kappa shape index (κ2) is 7.48. The third-order valence-electron chi connectivity index (χ3n) is 3.09. The molecule has 0 fully saturated rings. The predicted octanol–water partition coefficient (Wildman–Crippen LogP) is 4.74. The van der Waals surface area contributed by atoms with Crippen LogP contribution in [0.25, 0.3) is 6.08 Å². The van der Waals surface area contributed by atoms with Crippen LogP contribution < -0.4 is 5.32 Å². The quantitative estimate of drug-likeness (QED) is 0.744. The standard InChI is InChI=1S/C16H22F3N/c1-4-9-20-11-14(12(2)3)10-13-5-7-15(8-6-13)16(17,18)19/h5-8,10,12,20H,4,9,11H2,1-3H3. The lowest BCUT2D eigenvalue weighted by molar-refractivity contribution is -0.137. The molecule has 0 heterocycles. The molecule has 0 atom stereocenters. The number of rotatable bonds is 6. The van der Waals surface area contributed by atoms with Crippen LogP contribution in [0.4, 0.5) is 13.2 Å². The van der Waals surface area contributed by atoms with Crippen LogP contribution in [0.2, 0.25) is 0 Å². The van der Waals surface area contributed by atoms with E-state index in [4.69, 9.17) is 0 Å². The minimum atomic E-state index is -4.27. The van der Waals surface area contributed by atoms with Gasteiger partial charge >= 0.3 is 6.18 Å². The number of alkyl halides is 3. The number of hydrogen-bond acceptors (Lipinski definition) is 1. The molecule has 0 spiro atoms. The van der Waals surface area contributed by atoms with Crippen molar-refractivity contribution in [3.63, 3.8) is 0 Å². The second-order valence-corrected chi connectivity index (χ2v) is 5.17. The Kier molecular flexibility index (Phi) is 6.27. The molecule has 1 nitrogen and oxygen atoms in total. The highest BCUT2D eigenvalue weighted by atomic mass is 19.4. The van der Waals surface area contributed by atoms with Gasteiger partial charge in [0.2, 0.25) is 0 Å². The Labute approximate surface area is 118 Å². The molecule has 0 radical (unpaired) electrons. The molecular weight excluding hydrogens is 263 g/mol. The summed E-state index contributed by atoms with van der Waals surface area (Å²) in [7, 11) is 0. The van der Waals surface area contributed by atoms with Crippen LogP contribution in [0.15, 0.2) is 29.8 Å². The SMILES string of the molecule is CCCNCC(=Cc1ccc(C(F)(F)F)cc1)C(C)C. The Hall–Kier alpha value is -1.29. The van der Waals surface area contributed by atoms with E-state index in [0.29, 0.717) is 5.92 Å². The first kappa shape index (κ1) is 16.8. The third-order valence-corrected chi connectivity index (χ3v) is 3.09. The van der Waals surface area contributed by atoms with Crippen molar-refractivity contribution in [1.29, 1.82) is 0 Å². The van der Waals surface area contributed by atoms with Crippen molar-refractivity contribution in [2.75, 3.05) is 13.1 Å². The molecule has 0 unspecified atom stereocenters. The zero-order valence-electron chi connectivity index (χ0n) is 12.2. The summed E-state index contributed by atoms with van der Waals surface area (Å²) in [6.07, 6.45) is -1.25. The number of halogens is 3. The minimum absolute atomic E-state index is 0.363. The highest BCUT2D eigenvalue weighted by Crippen LogP contribution is 2.29. The maximum absolute atomic E-state index is 12.5. The van der Waals surface area contributed by atoms with Gasteiger partial charge in [-0.15, -0.1) is 0 Å². The van der Waals surface area contributed by atoms with E-state index >= 15 is 0 Å². The van der Waals surface area contributed by atoms with E-state index in [-0.39, 0.29) is 0 Å². The molecule has 1 aromatic carbocycles. The number of hydrogen-bond donors (Lipinski definition) is 1. The van der Waals surface area contributed by atoms with Crippen molar-refractivity contribution >= 4 is 6.08 Å². The van der Waals surface area contributed by atoms with Crippen LogP contribution in [0.3, 0.4) is 0 Å². The van der Waals surface area contributed by atoms with Crippen molar-refractivity contribution in [2.24, 2.45) is 5.92 Å². The van der Waals surface area contributed by atoms with Gasteiger partial charge in [-0.1, -0.05) is 44.6 Å². The van der Waals surface area contributed by atoms with E-state index in [9.17, 15) is 13.2 Å². The Morgan fingerprint density at radius 3 is 2.25 bits per heavy atom. The van der Waals surface area contributed by atoms with Crippen molar-refractivity contribution in [2.45, 2.75) is 33.4 Å². The molecule has 0 saturated carbocycles. The lowest BCUT2D eigenvalue weighted by Gasteiger charge is -2.13. The van der Waals surface area contributed by atoms with Gasteiger partial charge in [-0.25, -0.2) is 0 Å². The zero-order valence-corrected chi connectivity index (χ0v) is 12.2. The van der Waals surface area contributed by atoms with E-state index in [1.807, 2.05) is 6.08 Å². The summed E-state index contributed by atoms with van der Waals surface area (Å²) in [5, 5.41) is 3.32. The molecule has 1 N–H and O–H groups in total. The zero-order chi connectivity index (χ0) is 15.2. The van der Waals surface area contributed by atoms with Crippen molar-refractivity contribution in [3.8, 4) is 0 Å². The lowest BCUT2D eigenvalue weighted by atomic mass is 9.99. The van der Waals surface area contributed by atoms with Gasteiger partial charge in [-0.2, -0.15) is 13.2 Å². The van der Waals surface area contributed by atoms with Crippen molar-refractivity contribution < 1.29 is 13.2 Å². The molecule has 112 valence electrons. The Morgan fingerprint density at radius 1 is 1.20 bits per heavy atom. The van der Waals surface area contributed by atoms with Gasteiger partial charge in [0.05, 0.1) is 5.56 Å². The first-order valence-electron chi connectivity index (χ1n) is 6.93. The maximum Gasteiger partial charge on any atom is 0.416 e. The summed E-state index contributed by atoms with van der Waals surface area (Å²) in [5.41, 5.74) is 1.39. The molecule has 4 heteroatoms. The largest absolute Gasteiger partial charge is 0.416 e. The maximum atomic E-state index is 12.5. The summed E-state index contributed by atoms with van der Waals surface area (Å²) in [6.45, 7) is 7.98. The lowest BCUT2D eigenvalue weighted by Crippen LogP contribution is -2.19. The predicted molar refractivity (Wildman–Crippen MR) is 77.4 cm³/mol. The summed E-state index contributed by atoms with van der Waals surface area (Å²) in [5.74, 6) is 0.363. The Morgan fingerprint density at radius 2 is 1.80 bits per heavy atom. The van der Waals surface area contributed by atoms with Gasteiger partial charge in [-0.05, 0) is 36.6 Å². The summed E-state index contributed by atoms with van der Waals surface area (Å²) >= 11 is 0. The molecule has 0 aliphatic rings. The van der Waals surface area contributed by atoms with Crippen molar-refractivity contribution in [3.05, 3.63) is 41.0 Å². The van der Waals surface area contributed by atoms with Gasteiger partial charge in [0, 0.05) is 6.54 Å². The van der Waals surface area contributed by atoms with E-state index in [1.165, 1.54) is 17.7 Å². The monoisotopic (exact) mass is 285 g/mol. The molecule has 0 bridgehead atoms. The van der Waals surface area contributed by atoms with Crippen LogP contribution in [0.5, 0.6) is 0 Å². The Bertz CT molecular complexity index is 430. The minimum Gasteiger partial charge on any atom is -0.313 e. The van der Waals surface area contributed by atoms with E-state index < -0.39 is 11.7 Å². The molecular formula is C16H22F3N. The molecule has 0 amide bonds. The number of nitrogens with one attached hydrogen (secondary N) is 1. The van der Waals surface area contributed by atoms with Crippen LogP contribution >= 0.6 is 0 Å². The van der Waals surface area contributed by atoms with Gasteiger partial charge in [0.15, 0.2) is 0 Å².